The Labute approximate surface area is 172 Å². The number of nitrogens with one attached hydrogen (secondary N) is 1. The fraction of sp³-hybridized carbons (Fsp3) is 0.368. The van der Waals surface area contributed by atoms with Crippen LogP contribution in [0.3, 0.4) is 0 Å². The third-order valence-electron chi connectivity index (χ3n) is 5.13. The van der Waals surface area contributed by atoms with Gasteiger partial charge in [-0.2, -0.15) is 15.2 Å². The molecule has 4 heterocycles. The van der Waals surface area contributed by atoms with E-state index in [1.165, 1.54) is 0 Å². The lowest BCUT2D eigenvalue weighted by molar-refractivity contribution is 0.122. The summed E-state index contributed by atoms with van der Waals surface area (Å²) in [6.45, 7) is 4.58. The Morgan fingerprint density at radius 3 is 2.70 bits per heavy atom. The molecule has 0 amide bonds. The van der Waals surface area contributed by atoms with Crippen LogP contribution in [-0.2, 0) is 11.8 Å². The van der Waals surface area contributed by atoms with Crippen molar-refractivity contribution < 1.29 is 9.84 Å². The third-order valence-corrected chi connectivity index (χ3v) is 5.13. The van der Waals surface area contributed by atoms with Crippen LogP contribution in [0.15, 0.2) is 12.3 Å². The highest BCUT2D eigenvalue weighted by molar-refractivity contribution is 5.86. The van der Waals surface area contributed by atoms with E-state index in [4.69, 9.17) is 21.2 Å². The number of nitrogen functional groups attached to an aromatic ring is 2. The van der Waals surface area contributed by atoms with E-state index in [1.54, 1.807) is 6.20 Å². The first-order valence-corrected chi connectivity index (χ1v) is 9.50. The minimum Gasteiger partial charge on any atom is -0.504 e. The van der Waals surface area contributed by atoms with E-state index in [1.807, 2.05) is 30.7 Å². The molecular formula is C19H23N9O2. The summed E-state index contributed by atoms with van der Waals surface area (Å²) < 4.78 is 7.32. The van der Waals surface area contributed by atoms with Crippen molar-refractivity contribution in [3.05, 3.63) is 23.5 Å². The first-order valence-electron chi connectivity index (χ1n) is 9.50. The summed E-state index contributed by atoms with van der Waals surface area (Å²) in [7, 11) is 1.86. The van der Waals surface area contributed by atoms with Gasteiger partial charge < -0.3 is 36.1 Å². The molecule has 11 nitrogen and oxygen atoms in total. The molecule has 1 atom stereocenters. The standard InChI is InChI=1S/C19H23N9O2/c1-10(23-18-11(8-20)17(21)25-19(22)26-18)15-13(28-3-5-30-6-4-28)7-12-16(24-15)14(29)9-27(12)2/h7,9-10,29H,3-6H2,1-2H3,(H5,21,22,23,25,26)/t10-/m0/s1. The first kappa shape index (κ1) is 19.5. The highest BCUT2D eigenvalue weighted by atomic mass is 16.5. The van der Waals surface area contributed by atoms with E-state index in [-0.39, 0.29) is 34.9 Å². The topological polar surface area (TPSA) is 164 Å². The third kappa shape index (κ3) is 3.37. The molecule has 0 radical (unpaired) electrons. The van der Waals surface area contributed by atoms with Crippen LogP contribution in [0.5, 0.6) is 5.75 Å². The first-order chi connectivity index (χ1) is 14.4. The summed E-state index contributed by atoms with van der Waals surface area (Å²) in [5.74, 6) is 0.320. The van der Waals surface area contributed by atoms with Crippen LogP contribution in [0.2, 0.25) is 0 Å². The fourth-order valence-corrected chi connectivity index (χ4v) is 3.64. The molecule has 1 aliphatic heterocycles. The van der Waals surface area contributed by atoms with Crippen molar-refractivity contribution in [2.24, 2.45) is 7.05 Å². The molecule has 0 saturated carbocycles. The molecule has 1 saturated heterocycles. The predicted octanol–water partition coefficient (Wildman–Crippen LogP) is 1.11. The highest BCUT2D eigenvalue weighted by Crippen LogP contribution is 2.35. The number of fused-ring (bicyclic) bond motifs is 1. The Kier molecular flexibility index (Phi) is 4.93. The van der Waals surface area contributed by atoms with Crippen LogP contribution in [0.25, 0.3) is 11.0 Å². The van der Waals surface area contributed by atoms with E-state index < -0.39 is 0 Å². The molecule has 1 aliphatic rings. The Balaban J connectivity index is 1.80. The van der Waals surface area contributed by atoms with Gasteiger partial charge in [-0.1, -0.05) is 0 Å². The second-order valence-corrected chi connectivity index (χ2v) is 7.15. The quantitative estimate of drug-likeness (QED) is 0.490. The zero-order valence-electron chi connectivity index (χ0n) is 16.8. The van der Waals surface area contributed by atoms with Gasteiger partial charge >= 0.3 is 0 Å². The van der Waals surface area contributed by atoms with E-state index in [2.05, 4.69) is 20.2 Å². The van der Waals surface area contributed by atoms with Crippen LogP contribution >= 0.6 is 0 Å². The lowest BCUT2D eigenvalue weighted by Crippen LogP contribution is -2.37. The lowest BCUT2D eigenvalue weighted by Gasteiger charge is -2.31. The summed E-state index contributed by atoms with van der Waals surface area (Å²) in [6.07, 6.45) is 1.63. The van der Waals surface area contributed by atoms with Crippen molar-refractivity contribution >= 4 is 34.3 Å². The van der Waals surface area contributed by atoms with Crippen LogP contribution < -0.4 is 21.7 Å². The monoisotopic (exact) mass is 409 g/mol. The molecule has 0 unspecified atom stereocenters. The Morgan fingerprint density at radius 2 is 2.00 bits per heavy atom. The number of nitriles is 1. The molecular weight excluding hydrogens is 386 g/mol. The molecule has 3 aromatic rings. The van der Waals surface area contributed by atoms with Crippen molar-refractivity contribution in [2.75, 3.05) is 48.0 Å². The largest absolute Gasteiger partial charge is 0.504 e. The Bertz CT molecular complexity index is 1150. The minimum atomic E-state index is -0.368. The van der Waals surface area contributed by atoms with Gasteiger partial charge in [0.1, 0.15) is 23.0 Å². The smallest absolute Gasteiger partial charge is 0.224 e. The number of aryl methyl sites for hydroxylation is 1. The second kappa shape index (κ2) is 7.57. The van der Waals surface area contributed by atoms with Crippen LogP contribution in [0.1, 0.15) is 24.2 Å². The fourth-order valence-electron chi connectivity index (χ4n) is 3.64. The van der Waals surface area contributed by atoms with E-state index in [9.17, 15) is 10.4 Å². The number of ether oxygens (including phenoxy) is 1. The van der Waals surface area contributed by atoms with Crippen molar-refractivity contribution in [1.82, 2.24) is 19.5 Å². The maximum Gasteiger partial charge on any atom is 0.224 e. The minimum absolute atomic E-state index is 0.0113. The summed E-state index contributed by atoms with van der Waals surface area (Å²) >= 11 is 0. The lowest BCUT2D eigenvalue weighted by atomic mass is 10.1. The predicted molar refractivity (Wildman–Crippen MR) is 113 cm³/mol. The average Bonchev–Trinajstić information content (AvgIpc) is 3.00. The summed E-state index contributed by atoms with van der Waals surface area (Å²) in [4.78, 5) is 14.9. The molecule has 11 heteroatoms. The van der Waals surface area contributed by atoms with Gasteiger partial charge in [-0.15, -0.1) is 0 Å². The molecule has 0 aromatic carbocycles. The van der Waals surface area contributed by atoms with Gasteiger partial charge in [0.2, 0.25) is 5.95 Å². The van der Waals surface area contributed by atoms with Crippen molar-refractivity contribution in [3.63, 3.8) is 0 Å². The van der Waals surface area contributed by atoms with Gasteiger partial charge in [-0.3, -0.25) is 0 Å². The molecule has 30 heavy (non-hydrogen) atoms. The number of anilines is 4. The number of nitrogens with two attached hydrogens (primary N) is 2. The SMILES string of the molecule is C[C@H](Nc1nc(N)nc(N)c1C#N)c1nc2c(O)cn(C)c2cc1N1CCOCC1. The molecule has 3 aromatic heterocycles. The van der Waals surface area contributed by atoms with E-state index in [0.29, 0.717) is 24.4 Å². The summed E-state index contributed by atoms with van der Waals surface area (Å²) in [5, 5.41) is 22.9. The maximum atomic E-state index is 10.3. The van der Waals surface area contributed by atoms with Gasteiger partial charge in [0.25, 0.3) is 0 Å². The molecule has 0 bridgehead atoms. The second-order valence-electron chi connectivity index (χ2n) is 7.15. The number of rotatable bonds is 4. The Hall–Kier alpha value is -3.78. The average molecular weight is 409 g/mol. The van der Waals surface area contributed by atoms with Crippen molar-refractivity contribution in [1.29, 1.82) is 5.26 Å². The number of hydrogen-bond acceptors (Lipinski definition) is 10. The molecule has 4 rings (SSSR count). The summed E-state index contributed by atoms with van der Waals surface area (Å²) in [5.41, 5.74) is 14.6. The van der Waals surface area contributed by atoms with E-state index in [0.717, 1.165) is 24.3 Å². The number of morpholine rings is 1. The maximum absolute atomic E-state index is 10.3. The van der Waals surface area contributed by atoms with Crippen LogP contribution in [-0.4, -0.2) is 50.9 Å². The van der Waals surface area contributed by atoms with Gasteiger partial charge in [0.05, 0.1) is 36.2 Å². The van der Waals surface area contributed by atoms with Gasteiger partial charge in [-0.25, -0.2) is 4.98 Å². The van der Waals surface area contributed by atoms with Crippen LogP contribution in [0.4, 0.5) is 23.3 Å². The summed E-state index contributed by atoms with van der Waals surface area (Å²) in [6, 6.07) is 3.65. The zero-order valence-corrected chi connectivity index (χ0v) is 16.8. The van der Waals surface area contributed by atoms with E-state index >= 15 is 0 Å². The van der Waals surface area contributed by atoms with Gasteiger partial charge in [0.15, 0.2) is 11.6 Å². The number of pyridine rings is 1. The van der Waals surface area contributed by atoms with Gasteiger partial charge in [0, 0.05) is 26.3 Å². The molecule has 156 valence electrons. The number of aromatic hydroxyl groups is 1. The zero-order chi connectivity index (χ0) is 21.4. The normalized spacial score (nSPS) is 15.2. The molecule has 0 spiro atoms. The Morgan fingerprint density at radius 1 is 1.27 bits per heavy atom. The van der Waals surface area contributed by atoms with Crippen molar-refractivity contribution in [2.45, 2.75) is 13.0 Å². The van der Waals surface area contributed by atoms with Crippen molar-refractivity contribution in [3.8, 4) is 11.8 Å². The van der Waals surface area contributed by atoms with Gasteiger partial charge in [-0.05, 0) is 13.0 Å². The van der Waals surface area contributed by atoms with Crippen LogP contribution in [0, 0.1) is 11.3 Å². The number of nitrogens with zero attached hydrogens (tertiary/aromatic N) is 6. The number of hydrogen-bond donors (Lipinski definition) is 4. The number of aromatic nitrogens is 4. The molecule has 0 aliphatic carbocycles. The molecule has 1 fully saturated rings. The molecule has 6 N–H and O–H groups in total. The highest BCUT2D eigenvalue weighted by Gasteiger charge is 2.24.